The maximum atomic E-state index is 11.9. The van der Waals surface area contributed by atoms with Gasteiger partial charge in [0.1, 0.15) is 0 Å². The Labute approximate surface area is 133 Å². The van der Waals surface area contributed by atoms with Crippen molar-refractivity contribution in [2.24, 2.45) is 0 Å². The van der Waals surface area contributed by atoms with Gasteiger partial charge in [0.25, 0.3) is 5.79 Å². The zero-order chi connectivity index (χ0) is 17.2. The Morgan fingerprint density at radius 1 is 1.17 bits per heavy atom. The van der Waals surface area contributed by atoms with E-state index in [1.807, 2.05) is 6.92 Å². The first-order valence-electron chi connectivity index (χ1n) is 6.99. The first-order valence-corrected chi connectivity index (χ1v) is 6.99. The average Bonchev–Trinajstić information content (AvgIpc) is 2.39. The SMILES string of the molecule is CC(=O)Nc1ccc(C)c(NC=C2C(=O)OC(C)(C)OC2=O)c1. The number of nitrogens with one attached hydrogen (secondary N) is 2. The number of ether oxygens (including phenoxy) is 2. The minimum absolute atomic E-state index is 0.195. The summed E-state index contributed by atoms with van der Waals surface area (Å²) in [5, 5.41) is 5.53. The van der Waals surface area contributed by atoms with E-state index in [0.29, 0.717) is 11.4 Å². The van der Waals surface area contributed by atoms with E-state index in [-0.39, 0.29) is 11.5 Å². The van der Waals surface area contributed by atoms with E-state index < -0.39 is 17.7 Å². The minimum atomic E-state index is -1.27. The lowest BCUT2D eigenvalue weighted by molar-refractivity contribution is -0.222. The van der Waals surface area contributed by atoms with E-state index in [9.17, 15) is 14.4 Å². The van der Waals surface area contributed by atoms with Gasteiger partial charge >= 0.3 is 11.9 Å². The Morgan fingerprint density at radius 3 is 2.35 bits per heavy atom. The average molecular weight is 318 g/mol. The lowest BCUT2D eigenvalue weighted by Crippen LogP contribution is -2.42. The molecule has 122 valence electrons. The van der Waals surface area contributed by atoms with Crippen LogP contribution in [0.1, 0.15) is 26.3 Å². The largest absolute Gasteiger partial charge is 0.419 e. The number of benzene rings is 1. The molecule has 1 amide bonds. The van der Waals surface area contributed by atoms with Gasteiger partial charge in [0, 0.05) is 38.3 Å². The van der Waals surface area contributed by atoms with Gasteiger partial charge in [-0.1, -0.05) is 6.07 Å². The molecule has 2 N–H and O–H groups in total. The molecule has 1 aromatic rings. The Morgan fingerprint density at radius 2 is 1.78 bits per heavy atom. The molecule has 7 heteroatoms. The lowest BCUT2D eigenvalue weighted by Gasteiger charge is -2.29. The molecule has 0 atom stereocenters. The molecular formula is C16H18N2O5. The highest BCUT2D eigenvalue weighted by atomic mass is 16.7. The summed E-state index contributed by atoms with van der Waals surface area (Å²) >= 11 is 0. The van der Waals surface area contributed by atoms with Crippen LogP contribution in [0.5, 0.6) is 0 Å². The molecule has 0 radical (unpaired) electrons. The molecule has 1 aliphatic rings. The second kappa shape index (κ2) is 6.12. The molecule has 0 aliphatic carbocycles. The number of anilines is 2. The van der Waals surface area contributed by atoms with Crippen LogP contribution >= 0.6 is 0 Å². The second-order valence-corrected chi connectivity index (χ2v) is 5.59. The Bertz CT molecular complexity index is 684. The third kappa shape index (κ3) is 4.09. The summed E-state index contributed by atoms with van der Waals surface area (Å²) in [4.78, 5) is 34.8. The predicted octanol–water partition coefficient (Wildman–Crippen LogP) is 2.09. The highest BCUT2D eigenvalue weighted by molar-refractivity contribution is 6.15. The van der Waals surface area contributed by atoms with Gasteiger partial charge in [-0.3, -0.25) is 4.79 Å². The van der Waals surface area contributed by atoms with Gasteiger partial charge in [0.05, 0.1) is 0 Å². The van der Waals surface area contributed by atoms with Crippen LogP contribution in [0, 0.1) is 6.92 Å². The van der Waals surface area contributed by atoms with E-state index in [2.05, 4.69) is 10.6 Å². The maximum absolute atomic E-state index is 11.9. The number of rotatable bonds is 3. The standard InChI is InChI=1S/C16H18N2O5/c1-9-5-6-11(18-10(2)19)7-13(9)17-8-12-14(20)22-16(3,4)23-15(12)21/h5-8,17H,1-4H3,(H,18,19). The molecule has 7 nitrogen and oxygen atoms in total. The molecule has 2 rings (SSSR count). The van der Waals surface area contributed by atoms with E-state index in [0.717, 1.165) is 5.56 Å². The molecule has 0 spiro atoms. The first-order chi connectivity index (χ1) is 10.7. The third-order valence-corrected chi connectivity index (χ3v) is 3.05. The molecule has 0 unspecified atom stereocenters. The van der Waals surface area contributed by atoms with Gasteiger partial charge < -0.3 is 20.1 Å². The van der Waals surface area contributed by atoms with Gasteiger partial charge in [-0.15, -0.1) is 0 Å². The van der Waals surface area contributed by atoms with Crippen LogP contribution in [-0.4, -0.2) is 23.6 Å². The number of carbonyl (C=O) groups excluding carboxylic acids is 3. The molecule has 23 heavy (non-hydrogen) atoms. The summed E-state index contributed by atoms with van der Waals surface area (Å²) in [5.74, 6) is -2.98. The van der Waals surface area contributed by atoms with Crippen molar-refractivity contribution >= 4 is 29.2 Å². The van der Waals surface area contributed by atoms with Crippen LogP contribution in [0.4, 0.5) is 11.4 Å². The molecule has 0 bridgehead atoms. The van der Waals surface area contributed by atoms with Crippen molar-refractivity contribution in [1.82, 2.24) is 0 Å². The van der Waals surface area contributed by atoms with E-state index in [1.54, 1.807) is 18.2 Å². The number of esters is 2. The first kappa shape index (κ1) is 16.5. The fraction of sp³-hybridized carbons (Fsp3) is 0.312. The quantitative estimate of drug-likeness (QED) is 0.503. The van der Waals surface area contributed by atoms with Gasteiger partial charge in [-0.05, 0) is 24.6 Å². The number of amides is 1. The molecule has 1 fully saturated rings. The number of cyclic esters (lactones) is 2. The normalized spacial score (nSPS) is 16.3. The summed E-state index contributed by atoms with van der Waals surface area (Å²) in [6, 6.07) is 5.24. The fourth-order valence-corrected chi connectivity index (χ4v) is 1.99. The maximum Gasteiger partial charge on any atom is 0.350 e. The highest BCUT2D eigenvalue weighted by Crippen LogP contribution is 2.24. The summed E-state index contributed by atoms with van der Waals surface area (Å²) in [6.07, 6.45) is 1.24. The van der Waals surface area contributed by atoms with Crippen LogP contribution in [0.25, 0.3) is 0 Å². The van der Waals surface area contributed by atoms with Gasteiger partial charge in [-0.2, -0.15) is 0 Å². The highest BCUT2D eigenvalue weighted by Gasteiger charge is 2.38. The summed E-state index contributed by atoms with van der Waals surface area (Å²) in [6.45, 7) is 6.21. The topological polar surface area (TPSA) is 93.7 Å². The lowest BCUT2D eigenvalue weighted by atomic mass is 10.1. The molecular weight excluding hydrogens is 300 g/mol. The fourth-order valence-electron chi connectivity index (χ4n) is 1.99. The van der Waals surface area contributed by atoms with Gasteiger partial charge in [0.2, 0.25) is 5.91 Å². The van der Waals surface area contributed by atoms with E-state index in [4.69, 9.17) is 9.47 Å². The Kier molecular flexibility index (Phi) is 4.40. The summed E-state index contributed by atoms with van der Waals surface area (Å²) < 4.78 is 10.0. The smallest absolute Gasteiger partial charge is 0.350 e. The van der Waals surface area contributed by atoms with Crippen molar-refractivity contribution in [3.63, 3.8) is 0 Å². The van der Waals surface area contributed by atoms with E-state index >= 15 is 0 Å². The van der Waals surface area contributed by atoms with Gasteiger partial charge in [-0.25, -0.2) is 9.59 Å². The molecule has 1 heterocycles. The van der Waals surface area contributed by atoms with Crippen LogP contribution < -0.4 is 10.6 Å². The monoisotopic (exact) mass is 318 g/mol. The van der Waals surface area contributed by atoms with Crippen molar-refractivity contribution in [2.45, 2.75) is 33.5 Å². The van der Waals surface area contributed by atoms with Crippen molar-refractivity contribution in [1.29, 1.82) is 0 Å². The number of hydrogen-bond donors (Lipinski definition) is 2. The number of hydrogen-bond acceptors (Lipinski definition) is 6. The van der Waals surface area contributed by atoms with E-state index in [1.165, 1.54) is 27.0 Å². The Hall–Kier alpha value is -2.83. The zero-order valence-electron chi connectivity index (χ0n) is 13.4. The van der Waals surface area contributed by atoms with Crippen molar-refractivity contribution in [2.75, 3.05) is 10.6 Å². The molecule has 1 aromatic carbocycles. The molecule has 0 aromatic heterocycles. The van der Waals surface area contributed by atoms with Crippen molar-refractivity contribution in [3.8, 4) is 0 Å². The zero-order valence-corrected chi connectivity index (χ0v) is 13.4. The summed E-state index contributed by atoms with van der Waals surface area (Å²) in [7, 11) is 0. The van der Waals surface area contributed by atoms with Crippen LogP contribution in [-0.2, 0) is 23.9 Å². The predicted molar refractivity (Wildman–Crippen MR) is 83.5 cm³/mol. The molecule has 1 aliphatic heterocycles. The Balaban J connectivity index is 2.21. The van der Waals surface area contributed by atoms with Crippen LogP contribution in [0.3, 0.4) is 0 Å². The number of aryl methyl sites for hydroxylation is 1. The minimum Gasteiger partial charge on any atom is -0.419 e. The second-order valence-electron chi connectivity index (χ2n) is 5.59. The summed E-state index contributed by atoms with van der Waals surface area (Å²) in [5.41, 5.74) is 1.87. The third-order valence-electron chi connectivity index (χ3n) is 3.05. The number of carbonyl (C=O) groups is 3. The molecule has 0 saturated carbocycles. The van der Waals surface area contributed by atoms with Crippen LogP contribution in [0.2, 0.25) is 0 Å². The van der Waals surface area contributed by atoms with Gasteiger partial charge in [0.15, 0.2) is 5.57 Å². The molecule has 1 saturated heterocycles. The van der Waals surface area contributed by atoms with Crippen LogP contribution in [0.15, 0.2) is 30.0 Å². The van der Waals surface area contributed by atoms with Crippen molar-refractivity contribution in [3.05, 3.63) is 35.5 Å². The van der Waals surface area contributed by atoms with Crippen molar-refractivity contribution < 1.29 is 23.9 Å².